The van der Waals surface area contributed by atoms with Crippen molar-refractivity contribution in [2.24, 2.45) is 10.8 Å². The number of hydrogen-bond acceptors (Lipinski definition) is 4. The standard InChI is InChI=1S/C37H45NO4/c1-24-20-27(39)22-36(3,4)30(24)14-10-11-15-31-25(2)21-28(23-37(31,5)6)42-35(41)29-18-19-38-32(29)16-17-33(38)34(40)26-12-8-7-9-13-26/h7-17,27-29,39H,18-23H2,1-6H3/b14-10+,15-11+/t27-,28-,29?/m1/s1. The molecule has 5 rings (SSSR count). The van der Waals surface area contributed by atoms with E-state index >= 15 is 0 Å². The molecule has 1 aliphatic heterocycles. The maximum absolute atomic E-state index is 13.4. The molecule has 3 atom stereocenters. The van der Waals surface area contributed by atoms with Gasteiger partial charge in [-0.15, -0.1) is 0 Å². The number of carbonyl (C=O) groups excluding carboxylic acids is 2. The largest absolute Gasteiger partial charge is 0.461 e. The van der Waals surface area contributed by atoms with Crippen LogP contribution in [0, 0.1) is 10.8 Å². The number of allylic oxidation sites excluding steroid dienone is 6. The van der Waals surface area contributed by atoms with Crippen molar-refractivity contribution in [3.63, 3.8) is 0 Å². The third-order valence-electron chi connectivity index (χ3n) is 9.42. The molecule has 0 saturated heterocycles. The van der Waals surface area contributed by atoms with Gasteiger partial charge in [-0.25, -0.2) is 0 Å². The number of aliphatic hydroxyl groups is 1. The van der Waals surface area contributed by atoms with Gasteiger partial charge in [-0.3, -0.25) is 9.59 Å². The summed E-state index contributed by atoms with van der Waals surface area (Å²) < 4.78 is 8.14. The second kappa shape index (κ2) is 11.7. The van der Waals surface area contributed by atoms with E-state index in [2.05, 4.69) is 65.8 Å². The third-order valence-corrected chi connectivity index (χ3v) is 9.42. The van der Waals surface area contributed by atoms with Crippen molar-refractivity contribution < 1.29 is 19.4 Å². The van der Waals surface area contributed by atoms with Crippen LogP contribution in [0.5, 0.6) is 0 Å². The highest BCUT2D eigenvalue weighted by Gasteiger charge is 2.38. The number of benzene rings is 1. The van der Waals surface area contributed by atoms with Crippen LogP contribution in [-0.4, -0.2) is 33.6 Å². The molecule has 2 aliphatic carbocycles. The number of ketones is 1. The molecule has 1 unspecified atom stereocenters. The number of rotatable bonds is 7. The Balaban J connectivity index is 1.25. The Morgan fingerprint density at radius 3 is 2.12 bits per heavy atom. The van der Waals surface area contributed by atoms with Crippen molar-refractivity contribution >= 4 is 11.8 Å². The molecule has 2 heterocycles. The van der Waals surface area contributed by atoms with E-state index in [0.717, 1.165) is 31.4 Å². The van der Waals surface area contributed by atoms with Gasteiger partial charge in [-0.05, 0) is 73.6 Å². The van der Waals surface area contributed by atoms with Crippen molar-refractivity contribution in [1.29, 1.82) is 0 Å². The van der Waals surface area contributed by atoms with Gasteiger partial charge in [0.25, 0.3) is 0 Å². The van der Waals surface area contributed by atoms with Crippen LogP contribution in [0.1, 0.15) is 101 Å². The summed E-state index contributed by atoms with van der Waals surface area (Å²) in [6, 6.07) is 13.0. The summed E-state index contributed by atoms with van der Waals surface area (Å²) in [6.07, 6.45) is 11.9. The number of esters is 1. The predicted octanol–water partition coefficient (Wildman–Crippen LogP) is 7.86. The van der Waals surface area contributed by atoms with E-state index in [1.165, 1.54) is 22.3 Å². The number of fused-ring (bicyclic) bond motifs is 1. The van der Waals surface area contributed by atoms with E-state index in [-0.39, 0.29) is 40.7 Å². The maximum Gasteiger partial charge on any atom is 0.315 e. The van der Waals surface area contributed by atoms with Crippen molar-refractivity contribution in [3.05, 3.63) is 106 Å². The van der Waals surface area contributed by atoms with E-state index in [4.69, 9.17) is 4.74 Å². The Morgan fingerprint density at radius 2 is 1.50 bits per heavy atom. The summed E-state index contributed by atoms with van der Waals surface area (Å²) >= 11 is 0. The number of aromatic nitrogens is 1. The quantitative estimate of drug-likeness (QED) is 0.210. The van der Waals surface area contributed by atoms with Crippen molar-refractivity contribution in [1.82, 2.24) is 4.57 Å². The monoisotopic (exact) mass is 567 g/mol. The Morgan fingerprint density at radius 1 is 0.881 bits per heavy atom. The molecule has 5 nitrogen and oxygen atoms in total. The average molecular weight is 568 g/mol. The van der Waals surface area contributed by atoms with Gasteiger partial charge in [-0.1, -0.05) is 93.5 Å². The average Bonchev–Trinajstić information content (AvgIpc) is 3.51. The molecule has 1 aromatic heterocycles. The molecule has 0 amide bonds. The van der Waals surface area contributed by atoms with Crippen LogP contribution in [0.3, 0.4) is 0 Å². The molecule has 0 spiro atoms. The van der Waals surface area contributed by atoms with Crippen molar-refractivity contribution in [3.8, 4) is 0 Å². The highest BCUT2D eigenvalue weighted by molar-refractivity contribution is 6.08. The van der Waals surface area contributed by atoms with Crippen LogP contribution < -0.4 is 0 Å². The zero-order valence-corrected chi connectivity index (χ0v) is 25.9. The minimum Gasteiger partial charge on any atom is -0.461 e. The summed E-state index contributed by atoms with van der Waals surface area (Å²) in [4.78, 5) is 26.5. The van der Waals surface area contributed by atoms with Crippen LogP contribution in [0.2, 0.25) is 0 Å². The van der Waals surface area contributed by atoms with Gasteiger partial charge in [0.05, 0.1) is 17.7 Å². The normalized spacial score (nSPS) is 25.4. The van der Waals surface area contributed by atoms with Crippen LogP contribution >= 0.6 is 0 Å². The molecular formula is C37H45NO4. The van der Waals surface area contributed by atoms with Crippen molar-refractivity contribution in [2.75, 3.05) is 0 Å². The summed E-state index contributed by atoms with van der Waals surface area (Å²) in [5.74, 6) is -0.553. The lowest BCUT2D eigenvalue weighted by Gasteiger charge is -2.37. The van der Waals surface area contributed by atoms with Gasteiger partial charge < -0.3 is 14.4 Å². The fraction of sp³-hybridized carbons (Fsp3) is 0.459. The highest BCUT2D eigenvalue weighted by atomic mass is 16.5. The minimum absolute atomic E-state index is 0.0193. The van der Waals surface area contributed by atoms with Gasteiger partial charge in [0.15, 0.2) is 0 Å². The molecule has 1 N–H and O–H groups in total. The molecule has 5 heteroatoms. The lowest BCUT2D eigenvalue weighted by atomic mass is 9.71. The smallest absolute Gasteiger partial charge is 0.315 e. The molecule has 3 aliphatic rings. The van der Waals surface area contributed by atoms with Gasteiger partial charge in [0.1, 0.15) is 6.10 Å². The van der Waals surface area contributed by atoms with Crippen LogP contribution in [0.4, 0.5) is 0 Å². The molecule has 2 aromatic rings. The molecule has 0 fully saturated rings. The third kappa shape index (κ3) is 6.03. The maximum atomic E-state index is 13.4. The number of aliphatic hydroxyl groups excluding tert-OH is 1. The Kier molecular flexibility index (Phi) is 8.35. The van der Waals surface area contributed by atoms with E-state index in [9.17, 15) is 14.7 Å². The Hall–Kier alpha value is -3.44. The fourth-order valence-electron chi connectivity index (χ4n) is 7.58. The number of hydrogen-bond donors (Lipinski definition) is 1. The molecule has 1 aromatic carbocycles. The number of nitrogens with zero attached hydrogens (tertiary/aromatic N) is 1. The molecule has 0 saturated carbocycles. The predicted molar refractivity (Wildman–Crippen MR) is 167 cm³/mol. The molecular weight excluding hydrogens is 522 g/mol. The molecule has 0 radical (unpaired) electrons. The lowest BCUT2D eigenvalue weighted by molar-refractivity contribution is -0.152. The van der Waals surface area contributed by atoms with E-state index in [1.54, 1.807) is 0 Å². The minimum atomic E-state index is -0.343. The van der Waals surface area contributed by atoms with Gasteiger partial charge in [0, 0.05) is 24.2 Å². The Bertz CT molecular complexity index is 1480. The van der Waals surface area contributed by atoms with Crippen molar-refractivity contribution in [2.45, 2.75) is 98.3 Å². The van der Waals surface area contributed by atoms with Gasteiger partial charge in [-0.2, -0.15) is 0 Å². The van der Waals surface area contributed by atoms with Gasteiger partial charge >= 0.3 is 5.97 Å². The first-order valence-electron chi connectivity index (χ1n) is 15.3. The van der Waals surface area contributed by atoms with Gasteiger partial charge in [0.2, 0.25) is 5.78 Å². The highest BCUT2D eigenvalue weighted by Crippen LogP contribution is 2.44. The van der Waals surface area contributed by atoms with E-state index < -0.39 is 0 Å². The van der Waals surface area contributed by atoms with Crippen LogP contribution in [-0.2, 0) is 16.1 Å². The summed E-state index contributed by atoms with van der Waals surface area (Å²) in [5, 5.41) is 10.2. The summed E-state index contributed by atoms with van der Waals surface area (Å²) in [5.41, 5.74) is 7.10. The topological polar surface area (TPSA) is 68.5 Å². The fourth-order valence-corrected chi connectivity index (χ4v) is 7.58. The second-order valence-electron chi connectivity index (χ2n) is 13.7. The molecule has 222 valence electrons. The molecule has 0 bridgehead atoms. The zero-order valence-electron chi connectivity index (χ0n) is 25.9. The summed E-state index contributed by atoms with van der Waals surface area (Å²) in [6.45, 7) is 13.8. The molecule has 42 heavy (non-hydrogen) atoms. The number of carbonyl (C=O) groups is 2. The SMILES string of the molecule is CC1=C(/C=C/C=C/C2=C(C)C[C@@H](OC(=O)C3CCn4c(C(=O)c5ccccc5)ccc43)CC2(C)C)C(C)(C)C[C@H](O)C1. The first-order valence-corrected chi connectivity index (χ1v) is 15.3. The summed E-state index contributed by atoms with van der Waals surface area (Å²) in [7, 11) is 0. The Labute approximate surface area is 250 Å². The van der Waals surface area contributed by atoms with Crippen LogP contribution in [0.25, 0.3) is 0 Å². The lowest BCUT2D eigenvalue weighted by Crippen LogP contribution is -2.33. The zero-order chi connectivity index (χ0) is 30.2. The second-order valence-corrected chi connectivity index (χ2v) is 13.7. The van der Waals surface area contributed by atoms with Crippen LogP contribution in [0.15, 0.2) is 89.1 Å². The van der Waals surface area contributed by atoms with E-state index in [1.807, 2.05) is 47.0 Å². The first kappa shape index (κ1) is 30.0. The van der Waals surface area contributed by atoms with E-state index in [0.29, 0.717) is 24.2 Å². The number of ether oxygens (including phenoxy) is 1. The first-order chi connectivity index (χ1) is 19.9.